The number of ether oxygens (including phenoxy) is 1. The second-order valence-corrected chi connectivity index (χ2v) is 6.97. The lowest BCUT2D eigenvalue weighted by atomic mass is 10.0. The molecule has 0 aliphatic heterocycles. The first-order valence-corrected chi connectivity index (χ1v) is 9.91. The molecule has 6 nitrogen and oxygen atoms in total. The normalized spacial score (nSPS) is 11.3. The van der Waals surface area contributed by atoms with Gasteiger partial charge >= 0.3 is 5.97 Å². The lowest BCUT2D eigenvalue weighted by Gasteiger charge is -2.19. The first kappa shape index (κ1) is 21.8. The largest absolute Gasteiger partial charge is 0.465 e. The van der Waals surface area contributed by atoms with Gasteiger partial charge in [0, 0.05) is 12.1 Å². The van der Waals surface area contributed by atoms with Crippen molar-refractivity contribution in [1.29, 1.82) is 0 Å². The van der Waals surface area contributed by atoms with E-state index in [4.69, 9.17) is 0 Å². The Bertz CT molecular complexity index is 1020. The third-order valence-corrected chi connectivity index (χ3v) is 4.80. The minimum absolute atomic E-state index is 0.100. The van der Waals surface area contributed by atoms with Gasteiger partial charge in [-0.15, -0.1) is 0 Å². The van der Waals surface area contributed by atoms with Crippen LogP contribution in [-0.2, 0) is 16.1 Å². The molecule has 0 saturated carbocycles. The molecule has 0 heterocycles. The van der Waals surface area contributed by atoms with E-state index in [-0.39, 0.29) is 18.2 Å². The standard InChI is InChI=1S/C25H24N2O4/c1-31-25(30)21-14-12-18(13-15-21)17-26-23(28)16-22(19-8-4-2-5-9-19)27-24(29)20-10-6-3-7-11-20/h2-15,22H,16-17H2,1H3,(H,26,28)(H,27,29). The fourth-order valence-corrected chi connectivity index (χ4v) is 3.10. The summed E-state index contributed by atoms with van der Waals surface area (Å²) in [4.78, 5) is 36.7. The molecule has 2 N–H and O–H groups in total. The number of benzene rings is 3. The van der Waals surface area contributed by atoms with Crippen molar-refractivity contribution in [3.8, 4) is 0 Å². The summed E-state index contributed by atoms with van der Waals surface area (Å²) in [5.41, 5.74) is 2.69. The summed E-state index contributed by atoms with van der Waals surface area (Å²) in [7, 11) is 1.33. The van der Waals surface area contributed by atoms with Crippen LogP contribution in [0.3, 0.4) is 0 Å². The van der Waals surface area contributed by atoms with Gasteiger partial charge in [0.15, 0.2) is 0 Å². The Labute approximate surface area is 181 Å². The minimum Gasteiger partial charge on any atom is -0.465 e. The van der Waals surface area contributed by atoms with Gasteiger partial charge in [0.05, 0.1) is 25.1 Å². The molecule has 0 aromatic heterocycles. The van der Waals surface area contributed by atoms with Crippen LogP contribution in [0.1, 0.15) is 44.3 Å². The molecule has 31 heavy (non-hydrogen) atoms. The number of carbonyl (C=O) groups is 3. The highest BCUT2D eigenvalue weighted by molar-refractivity contribution is 5.94. The van der Waals surface area contributed by atoms with Gasteiger partial charge < -0.3 is 15.4 Å². The van der Waals surface area contributed by atoms with Crippen molar-refractivity contribution in [2.75, 3.05) is 7.11 Å². The third-order valence-electron chi connectivity index (χ3n) is 4.80. The van der Waals surface area contributed by atoms with E-state index in [0.717, 1.165) is 11.1 Å². The van der Waals surface area contributed by atoms with Crippen LogP contribution in [-0.4, -0.2) is 24.9 Å². The van der Waals surface area contributed by atoms with E-state index in [2.05, 4.69) is 15.4 Å². The number of esters is 1. The van der Waals surface area contributed by atoms with E-state index in [0.29, 0.717) is 17.7 Å². The molecule has 0 spiro atoms. The van der Waals surface area contributed by atoms with Gasteiger partial charge in [-0.1, -0.05) is 60.7 Å². The molecular weight excluding hydrogens is 392 g/mol. The Morgan fingerprint density at radius 1 is 0.806 bits per heavy atom. The first-order valence-electron chi connectivity index (χ1n) is 9.91. The van der Waals surface area contributed by atoms with Crippen molar-refractivity contribution in [1.82, 2.24) is 10.6 Å². The maximum atomic E-state index is 12.6. The van der Waals surface area contributed by atoms with E-state index in [1.54, 1.807) is 48.5 Å². The average Bonchev–Trinajstić information content (AvgIpc) is 2.83. The van der Waals surface area contributed by atoms with Crippen LogP contribution in [0.4, 0.5) is 0 Å². The molecule has 0 bridgehead atoms. The predicted molar refractivity (Wildman–Crippen MR) is 117 cm³/mol. The Morgan fingerprint density at radius 3 is 2.03 bits per heavy atom. The molecule has 2 amide bonds. The maximum absolute atomic E-state index is 12.6. The van der Waals surface area contributed by atoms with Crippen LogP contribution in [0.5, 0.6) is 0 Å². The second kappa shape index (κ2) is 10.7. The predicted octanol–water partition coefficient (Wildman–Crippen LogP) is 3.65. The molecule has 0 aliphatic carbocycles. The van der Waals surface area contributed by atoms with Crippen LogP contribution in [0.25, 0.3) is 0 Å². The Balaban J connectivity index is 1.63. The Hall–Kier alpha value is -3.93. The van der Waals surface area contributed by atoms with Crippen LogP contribution < -0.4 is 10.6 Å². The molecule has 0 aliphatic rings. The molecule has 6 heteroatoms. The summed E-state index contributed by atoms with van der Waals surface area (Å²) in [6, 6.07) is 24.7. The highest BCUT2D eigenvalue weighted by Gasteiger charge is 2.19. The molecule has 3 aromatic carbocycles. The maximum Gasteiger partial charge on any atom is 0.337 e. The molecule has 1 unspecified atom stereocenters. The summed E-state index contributed by atoms with van der Waals surface area (Å²) in [5, 5.41) is 5.82. The van der Waals surface area contributed by atoms with Gasteiger partial charge in [0.25, 0.3) is 5.91 Å². The average molecular weight is 416 g/mol. The smallest absolute Gasteiger partial charge is 0.337 e. The van der Waals surface area contributed by atoms with Crippen LogP contribution in [0.15, 0.2) is 84.9 Å². The number of nitrogens with one attached hydrogen (secondary N) is 2. The SMILES string of the molecule is COC(=O)c1ccc(CNC(=O)CC(NC(=O)c2ccccc2)c2ccccc2)cc1. The fraction of sp³-hybridized carbons (Fsp3) is 0.160. The number of hydrogen-bond acceptors (Lipinski definition) is 4. The lowest BCUT2D eigenvalue weighted by molar-refractivity contribution is -0.121. The molecule has 0 saturated heterocycles. The van der Waals surface area contributed by atoms with Crippen molar-refractivity contribution in [2.24, 2.45) is 0 Å². The Kier molecular flexibility index (Phi) is 7.54. The van der Waals surface area contributed by atoms with Gasteiger partial charge in [-0.05, 0) is 35.4 Å². The zero-order chi connectivity index (χ0) is 22.1. The third kappa shape index (κ3) is 6.27. The summed E-state index contributed by atoms with van der Waals surface area (Å²) in [6.07, 6.45) is 0.100. The number of rotatable bonds is 8. The number of hydrogen-bond donors (Lipinski definition) is 2. The molecule has 158 valence electrons. The molecule has 0 radical (unpaired) electrons. The zero-order valence-corrected chi connectivity index (χ0v) is 17.2. The topological polar surface area (TPSA) is 84.5 Å². The molecular formula is C25H24N2O4. The fourth-order valence-electron chi connectivity index (χ4n) is 3.10. The quantitative estimate of drug-likeness (QED) is 0.549. The second-order valence-electron chi connectivity index (χ2n) is 6.97. The molecule has 1 atom stereocenters. The van der Waals surface area contributed by atoms with Gasteiger partial charge in [-0.2, -0.15) is 0 Å². The highest BCUT2D eigenvalue weighted by Crippen LogP contribution is 2.18. The van der Waals surface area contributed by atoms with Gasteiger partial charge in [0.2, 0.25) is 5.91 Å². The van der Waals surface area contributed by atoms with Crippen molar-refractivity contribution in [3.05, 3.63) is 107 Å². The molecule has 3 rings (SSSR count). The van der Waals surface area contributed by atoms with Crippen molar-refractivity contribution >= 4 is 17.8 Å². The monoisotopic (exact) mass is 416 g/mol. The van der Waals surface area contributed by atoms with E-state index >= 15 is 0 Å². The number of amides is 2. The molecule has 3 aromatic rings. The minimum atomic E-state index is -0.462. The summed E-state index contributed by atoms with van der Waals surface area (Å²) >= 11 is 0. The van der Waals surface area contributed by atoms with E-state index in [1.807, 2.05) is 36.4 Å². The highest BCUT2D eigenvalue weighted by atomic mass is 16.5. The molecule has 0 fully saturated rings. The van der Waals surface area contributed by atoms with Crippen molar-refractivity contribution in [2.45, 2.75) is 19.0 Å². The summed E-state index contributed by atoms with van der Waals surface area (Å²) in [6.45, 7) is 0.314. The van der Waals surface area contributed by atoms with Crippen LogP contribution in [0.2, 0.25) is 0 Å². The Morgan fingerprint density at radius 2 is 1.42 bits per heavy atom. The summed E-state index contributed by atoms with van der Waals surface area (Å²) < 4.78 is 4.68. The van der Waals surface area contributed by atoms with E-state index < -0.39 is 12.0 Å². The number of methoxy groups -OCH3 is 1. The zero-order valence-electron chi connectivity index (χ0n) is 17.2. The van der Waals surface area contributed by atoms with Crippen LogP contribution in [0, 0.1) is 0 Å². The van der Waals surface area contributed by atoms with E-state index in [1.165, 1.54) is 7.11 Å². The van der Waals surface area contributed by atoms with Crippen LogP contribution >= 0.6 is 0 Å². The number of carbonyl (C=O) groups excluding carboxylic acids is 3. The van der Waals surface area contributed by atoms with Crippen molar-refractivity contribution in [3.63, 3.8) is 0 Å². The lowest BCUT2D eigenvalue weighted by Crippen LogP contribution is -2.33. The van der Waals surface area contributed by atoms with Gasteiger partial charge in [-0.3, -0.25) is 9.59 Å². The summed E-state index contributed by atoms with van der Waals surface area (Å²) in [5.74, 6) is -0.838. The first-order chi connectivity index (χ1) is 15.1. The van der Waals surface area contributed by atoms with Gasteiger partial charge in [0.1, 0.15) is 0 Å². The van der Waals surface area contributed by atoms with Gasteiger partial charge in [-0.25, -0.2) is 4.79 Å². The van der Waals surface area contributed by atoms with E-state index in [9.17, 15) is 14.4 Å². The van der Waals surface area contributed by atoms with Crippen molar-refractivity contribution < 1.29 is 19.1 Å².